The van der Waals surface area contributed by atoms with Crippen LogP contribution in [0.5, 0.6) is 5.75 Å². The molecule has 7 nitrogen and oxygen atoms in total. The Kier molecular flexibility index (Phi) is 4.97. The molecule has 0 fully saturated rings. The number of benzene rings is 2. The van der Waals surface area contributed by atoms with Crippen molar-refractivity contribution in [1.82, 2.24) is 19.8 Å². The van der Waals surface area contributed by atoms with E-state index in [0.29, 0.717) is 18.7 Å². The minimum atomic E-state index is -0.0801. The molecule has 0 aliphatic carbocycles. The van der Waals surface area contributed by atoms with Crippen molar-refractivity contribution in [2.24, 2.45) is 0 Å². The maximum atomic E-state index is 12.4. The number of fused-ring (bicyclic) bond motifs is 1. The van der Waals surface area contributed by atoms with E-state index in [1.807, 2.05) is 67.6 Å². The number of nitrogens with one attached hydrogen (secondary N) is 1. The predicted octanol–water partition coefficient (Wildman–Crippen LogP) is 3.37. The Morgan fingerprint density at radius 3 is 2.79 bits per heavy atom. The highest BCUT2D eigenvalue weighted by molar-refractivity contribution is 5.92. The first kappa shape index (κ1) is 17.7. The van der Waals surface area contributed by atoms with Crippen molar-refractivity contribution in [2.45, 2.75) is 13.3 Å². The third kappa shape index (κ3) is 3.98. The van der Waals surface area contributed by atoms with Gasteiger partial charge in [0.05, 0.1) is 18.7 Å². The lowest BCUT2D eigenvalue weighted by atomic mass is 10.1. The Labute approximate surface area is 162 Å². The van der Waals surface area contributed by atoms with Crippen LogP contribution in [0.1, 0.15) is 12.5 Å². The van der Waals surface area contributed by atoms with Crippen LogP contribution in [-0.2, 0) is 11.2 Å². The van der Waals surface area contributed by atoms with Gasteiger partial charge in [0.15, 0.2) is 5.65 Å². The van der Waals surface area contributed by atoms with E-state index in [2.05, 4.69) is 20.6 Å². The maximum Gasteiger partial charge on any atom is 0.228 e. The van der Waals surface area contributed by atoms with Crippen LogP contribution in [0.2, 0.25) is 0 Å². The topological polar surface area (TPSA) is 81.4 Å². The Morgan fingerprint density at radius 2 is 1.96 bits per heavy atom. The van der Waals surface area contributed by atoms with Crippen LogP contribution in [-0.4, -0.2) is 32.3 Å². The molecule has 0 radical (unpaired) electrons. The number of hydrogen-bond donors (Lipinski definition) is 1. The lowest BCUT2D eigenvalue weighted by Crippen LogP contribution is -2.14. The van der Waals surface area contributed by atoms with E-state index in [1.54, 1.807) is 10.8 Å². The molecule has 28 heavy (non-hydrogen) atoms. The highest BCUT2D eigenvalue weighted by Gasteiger charge is 2.07. The fourth-order valence-electron chi connectivity index (χ4n) is 2.90. The SMILES string of the molecule is CCOc1ccc(CC(=O)Nc2cccc(-c3ccc4nncn4n3)c2)cc1. The first-order valence-electron chi connectivity index (χ1n) is 9.00. The molecule has 0 atom stereocenters. The van der Waals surface area contributed by atoms with E-state index in [1.165, 1.54) is 0 Å². The average molecular weight is 373 g/mol. The number of rotatable bonds is 6. The number of anilines is 1. The van der Waals surface area contributed by atoms with Crippen LogP contribution in [0.3, 0.4) is 0 Å². The van der Waals surface area contributed by atoms with E-state index >= 15 is 0 Å². The predicted molar refractivity (Wildman–Crippen MR) is 106 cm³/mol. The van der Waals surface area contributed by atoms with Crippen molar-refractivity contribution < 1.29 is 9.53 Å². The largest absolute Gasteiger partial charge is 0.494 e. The average Bonchev–Trinajstić information content (AvgIpc) is 3.18. The maximum absolute atomic E-state index is 12.4. The first-order chi connectivity index (χ1) is 13.7. The number of carbonyl (C=O) groups is 1. The van der Waals surface area contributed by atoms with E-state index in [0.717, 1.165) is 28.3 Å². The summed E-state index contributed by atoms with van der Waals surface area (Å²) in [7, 11) is 0. The van der Waals surface area contributed by atoms with Crippen molar-refractivity contribution in [3.8, 4) is 17.0 Å². The molecule has 7 heteroatoms. The third-order valence-electron chi connectivity index (χ3n) is 4.20. The highest BCUT2D eigenvalue weighted by Crippen LogP contribution is 2.21. The Bertz CT molecular complexity index is 1110. The van der Waals surface area contributed by atoms with E-state index in [-0.39, 0.29) is 5.91 Å². The second-order valence-electron chi connectivity index (χ2n) is 6.24. The summed E-state index contributed by atoms with van der Waals surface area (Å²) in [6, 6.07) is 18.9. The van der Waals surface area contributed by atoms with Crippen molar-refractivity contribution in [3.63, 3.8) is 0 Å². The number of amides is 1. The van der Waals surface area contributed by atoms with Gasteiger partial charge in [0.2, 0.25) is 5.91 Å². The molecular weight excluding hydrogens is 354 g/mol. The van der Waals surface area contributed by atoms with Gasteiger partial charge < -0.3 is 10.1 Å². The summed E-state index contributed by atoms with van der Waals surface area (Å²) in [6.45, 7) is 2.56. The molecular formula is C21H19N5O2. The number of ether oxygens (including phenoxy) is 1. The van der Waals surface area contributed by atoms with Gasteiger partial charge >= 0.3 is 0 Å². The first-order valence-corrected chi connectivity index (χ1v) is 9.00. The van der Waals surface area contributed by atoms with E-state index in [4.69, 9.17) is 4.74 Å². The Balaban J connectivity index is 1.46. The van der Waals surface area contributed by atoms with Crippen molar-refractivity contribution in [3.05, 3.63) is 72.6 Å². The zero-order chi connectivity index (χ0) is 19.3. The summed E-state index contributed by atoms with van der Waals surface area (Å²) in [5.41, 5.74) is 4.00. The molecule has 2 aromatic heterocycles. The molecule has 0 unspecified atom stereocenters. The van der Waals surface area contributed by atoms with Crippen LogP contribution < -0.4 is 10.1 Å². The van der Waals surface area contributed by atoms with Crippen molar-refractivity contribution in [2.75, 3.05) is 11.9 Å². The molecule has 0 aliphatic heterocycles. The number of hydrogen-bond acceptors (Lipinski definition) is 5. The molecule has 1 amide bonds. The summed E-state index contributed by atoms with van der Waals surface area (Å²) in [4.78, 5) is 12.4. The molecule has 2 aromatic carbocycles. The molecule has 0 aliphatic rings. The lowest BCUT2D eigenvalue weighted by Gasteiger charge is -2.08. The van der Waals surface area contributed by atoms with Crippen LogP contribution in [0, 0.1) is 0 Å². The number of aromatic nitrogens is 4. The minimum Gasteiger partial charge on any atom is -0.494 e. The Hall–Kier alpha value is -3.74. The third-order valence-corrected chi connectivity index (χ3v) is 4.20. The van der Waals surface area contributed by atoms with Gasteiger partial charge in [-0.05, 0) is 48.9 Å². The summed E-state index contributed by atoms with van der Waals surface area (Å²) < 4.78 is 7.04. The van der Waals surface area contributed by atoms with E-state index < -0.39 is 0 Å². The van der Waals surface area contributed by atoms with Crippen LogP contribution >= 0.6 is 0 Å². The summed E-state index contributed by atoms with van der Waals surface area (Å²) in [5.74, 6) is 0.723. The molecule has 2 heterocycles. The van der Waals surface area contributed by atoms with Gasteiger partial charge in [-0.1, -0.05) is 24.3 Å². The van der Waals surface area contributed by atoms with Crippen LogP contribution in [0.15, 0.2) is 67.0 Å². The number of nitrogens with zero attached hydrogens (tertiary/aromatic N) is 4. The van der Waals surface area contributed by atoms with Gasteiger partial charge in [0, 0.05) is 11.3 Å². The molecule has 4 rings (SSSR count). The highest BCUT2D eigenvalue weighted by atomic mass is 16.5. The quantitative estimate of drug-likeness (QED) is 0.560. The molecule has 140 valence electrons. The van der Waals surface area contributed by atoms with Gasteiger partial charge in [0.1, 0.15) is 12.1 Å². The van der Waals surface area contributed by atoms with Gasteiger partial charge in [-0.25, -0.2) is 0 Å². The van der Waals surface area contributed by atoms with E-state index in [9.17, 15) is 4.79 Å². The lowest BCUT2D eigenvalue weighted by molar-refractivity contribution is -0.115. The number of carbonyl (C=O) groups excluding carboxylic acids is 1. The van der Waals surface area contributed by atoms with Gasteiger partial charge in [-0.15, -0.1) is 10.2 Å². The molecule has 0 saturated carbocycles. The minimum absolute atomic E-state index is 0.0801. The smallest absolute Gasteiger partial charge is 0.228 e. The normalized spacial score (nSPS) is 10.8. The zero-order valence-corrected chi connectivity index (χ0v) is 15.4. The van der Waals surface area contributed by atoms with Gasteiger partial charge in [-0.3, -0.25) is 4.79 Å². The standard InChI is InChI=1S/C21H19N5O2/c1-2-28-18-8-6-15(7-9-18)12-21(27)23-17-5-3-4-16(13-17)19-10-11-20-24-22-14-26(20)25-19/h3-11,13-14H,2,12H2,1H3,(H,23,27). The molecule has 0 spiro atoms. The second-order valence-corrected chi connectivity index (χ2v) is 6.24. The summed E-state index contributed by atoms with van der Waals surface area (Å²) in [6.07, 6.45) is 1.85. The fraction of sp³-hybridized carbons (Fsp3) is 0.143. The van der Waals surface area contributed by atoms with Crippen molar-refractivity contribution >= 4 is 17.2 Å². The van der Waals surface area contributed by atoms with Gasteiger partial charge in [0.25, 0.3) is 0 Å². The van der Waals surface area contributed by atoms with Gasteiger partial charge in [-0.2, -0.15) is 9.61 Å². The Morgan fingerprint density at radius 1 is 1.11 bits per heavy atom. The van der Waals surface area contributed by atoms with Crippen LogP contribution in [0.4, 0.5) is 5.69 Å². The zero-order valence-electron chi connectivity index (χ0n) is 15.4. The van der Waals surface area contributed by atoms with Crippen LogP contribution in [0.25, 0.3) is 16.9 Å². The second kappa shape index (κ2) is 7.87. The molecule has 0 bridgehead atoms. The monoisotopic (exact) mass is 373 g/mol. The molecule has 4 aromatic rings. The fourth-order valence-corrected chi connectivity index (χ4v) is 2.90. The summed E-state index contributed by atoms with van der Waals surface area (Å²) in [5, 5.41) is 15.2. The molecule has 0 saturated heterocycles. The molecule has 1 N–H and O–H groups in total. The van der Waals surface area contributed by atoms with Crippen molar-refractivity contribution in [1.29, 1.82) is 0 Å². The summed E-state index contributed by atoms with van der Waals surface area (Å²) >= 11 is 0.